The molecule has 14 rings (SSSR count). The van der Waals surface area contributed by atoms with E-state index in [1.165, 1.54) is 37.7 Å². The highest BCUT2D eigenvalue weighted by atomic mass is 32.2. The smallest absolute Gasteiger partial charge is 0.207 e. The minimum absolute atomic E-state index is 0.333. The average Bonchev–Trinajstić information content (AvgIpc) is 3.71. The van der Waals surface area contributed by atoms with Gasteiger partial charge in [-0.3, -0.25) is 0 Å². The summed E-state index contributed by atoms with van der Waals surface area (Å²) in [5.74, 6) is 2.32. The molecule has 9 aromatic rings. The fourth-order valence-corrected chi connectivity index (χ4v) is 14.8. The summed E-state index contributed by atoms with van der Waals surface area (Å²) in [7, 11) is -3.73. The number of sulfone groups is 1. The predicted molar refractivity (Wildman–Crippen MR) is 254 cm³/mol. The summed E-state index contributed by atoms with van der Waals surface area (Å²) in [6, 6.07) is 65.6. The molecule has 0 unspecified atom stereocenters. The molecule has 4 aliphatic carbocycles. The number of nitrogens with zero attached hydrogens (tertiary/aromatic N) is 1. The summed E-state index contributed by atoms with van der Waals surface area (Å²) in [6.07, 6.45) is 6.01. The molecule has 0 N–H and O–H groups in total. The van der Waals surface area contributed by atoms with E-state index < -0.39 is 9.84 Å². The van der Waals surface area contributed by atoms with Crippen LogP contribution in [0.5, 0.6) is 0 Å². The second kappa shape index (κ2) is 13.9. The normalized spacial score (nSPS) is 22.6. The van der Waals surface area contributed by atoms with Crippen molar-refractivity contribution in [1.29, 1.82) is 0 Å². The van der Waals surface area contributed by atoms with Crippen LogP contribution in [0, 0.1) is 23.7 Å². The molecule has 5 aliphatic rings. The van der Waals surface area contributed by atoms with E-state index in [-0.39, 0.29) is 5.41 Å². The molecule has 5 heteroatoms. The first-order valence-electron chi connectivity index (χ1n) is 22.5. The van der Waals surface area contributed by atoms with E-state index in [4.69, 9.17) is 4.42 Å². The van der Waals surface area contributed by atoms with E-state index in [1.807, 2.05) is 42.5 Å². The number of hydrogen-bond donors (Lipinski definition) is 0. The molecule has 8 aromatic carbocycles. The maximum atomic E-state index is 14.7. The van der Waals surface area contributed by atoms with Crippen molar-refractivity contribution in [3.63, 3.8) is 0 Å². The number of benzene rings is 8. The lowest BCUT2D eigenvalue weighted by Gasteiger charge is -2.63. The van der Waals surface area contributed by atoms with Gasteiger partial charge in [-0.25, -0.2) is 8.42 Å². The Morgan fingerprint density at radius 1 is 0.444 bits per heavy atom. The van der Waals surface area contributed by atoms with E-state index in [9.17, 15) is 8.42 Å². The van der Waals surface area contributed by atoms with Gasteiger partial charge in [0.25, 0.3) is 0 Å². The number of para-hydroxylation sites is 1. The van der Waals surface area contributed by atoms with E-state index in [0.29, 0.717) is 21.6 Å². The van der Waals surface area contributed by atoms with Crippen molar-refractivity contribution in [2.24, 2.45) is 23.7 Å². The Bertz CT molecular complexity index is 3340. The maximum Gasteiger partial charge on any atom is 0.207 e. The molecule has 0 radical (unpaired) electrons. The molecule has 4 saturated carbocycles. The molecular formula is C58H45NO3S. The predicted octanol–water partition coefficient (Wildman–Crippen LogP) is 14.9. The molecule has 1 aliphatic heterocycles. The highest BCUT2D eigenvalue weighted by Crippen LogP contribution is 2.68. The Labute approximate surface area is 368 Å². The molecule has 306 valence electrons. The van der Waals surface area contributed by atoms with Crippen LogP contribution >= 0.6 is 0 Å². The molecule has 0 atom stereocenters. The van der Waals surface area contributed by atoms with Crippen LogP contribution in [0.2, 0.25) is 0 Å². The van der Waals surface area contributed by atoms with Gasteiger partial charge in [0.15, 0.2) is 0 Å². The SMILES string of the molecule is O=S1(=O)c2ccccc2C2(c3cc(N(c4ccc(-c5ccccc5)cc4)c4ccc(-c5ccccc5-c5cccc6oc7ccccc7c56)cc4)ccc31)[C@H]1C[C@H]3C[C@H](C[C@H]2C3)C1. The molecule has 4 fully saturated rings. The molecule has 0 saturated heterocycles. The van der Waals surface area contributed by atoms with Crippen LogP contribution in [0.25, 0.3) is 55.3 Å². The van der Waals surface area contributed by atoms with Crippen molar-refractivity contribution in [3.05, 3.63) is 199 Å². The van der Waals surface area contributed by atoms with Crippen LogP contribution < -0.4 is 4.90 Å². The summed E-state index contributed by atoms with van der Waals surface area (Å²) in [5, 5.41) is 2.23. The first-order chi connectivity index (χ1) is 30.9. The van der Waals surface area contributed by atoms with Gasteiger partial charge in [0.1, 0.15) is 11.2 Å². The molecular weight excluding hydrogens is 791 g/mol. The van der Waals surface area contributed by atoms with Crippen LogP contribution in [0.4, 0.5) is 17.1 Å². The zero-order valence-corrected chi connectivity index (χ0v) is 35.6. The van der Waals surface area contributed by atoms with Gasteiger partial charge in [0.05, 0.1) is 9.79 Å². The third-order valence-electron chi connectivity index (χ3n) is 15.3. The van der Waals surface area contributed by atoms with Crippen molar-refractivity contribution in [2.75, 3.05) is 4.90 Å². The van der Waals surface area contributed by atoms with Crippen LogP contribution in [0.15, 0.2) is 202 Å². The zero-order chi connectivity index (χ0) is 41.9. The summed E-state index contributed by atoms with van der Waals surface area (Å²) < 4.78 is 35.7. The number of furan rings is 1. The maximum absolute atomic E-state index is 14.7. The Kier molecular flexibility index (Phi) is 8.15. The lowest BCUT2D eigenvalue weighted by molar-refractivity contribution is -0.0446. The fourth-order valence-electron chi connectivity index (χ4n) is 13.0. The van der Waals surface area contributed by atoms with Gasteiger partial charge in [-0.15, -0.1) is 0 Å². The third kappa shape index (κ3) is 5.48. The number of rotatable bonds is 6. The van der Waals surface area contributed by atoms with Crippen LogP contribution in [-0.4, -0.2) is 8.42 Å². The topological polar surface area (TPSA) is 50.5 Å². The van der Waals surface area contributed by atoms with Gasteiger partial charge >= 0.3 is 0 Å². The minimum Gasteiger partial charge on any atom is -0.456 e. The Hall–Kier alpha value is -6.69. The van der Waals surface area contributed by atoms with E-state index in [1.54, 1.807) is 0 Å². The Balaban J connectivity index is 0.970. The molecule has 63 heavy (non-hydrogen) atoms. The van der Waals surface area contributed by atoms with E-state index in [0.717, 1.165) is 89.8 Å². The van der Waals surface area contributed by atoms with Gasteiger partial charge in [-0.05, 0) is 161 Å². The second-order valence-corrected chi connectivity index (χ2v) is 20.4. The lowest BCUT2D eigenvalue weighted by atomic mass is 9.42. The van der Waals surface area contributed by atoms with Crippen LogP contribution in [0.1, 0.15) is 43.2 Å². The van der Waals surface area contributed by atoms with Gasteiger partial charge < -0.3 is 9.32 Å². The lowest BCUT2D eigenvalue weighted by Crippen LogP contribution is -2.57. The monoisotopic (exact) mass is 835 g/mol. The number of hydrogen-bond acceptors (Lipinski definition) is 4. The van der Waals surface area contributed by atoms with Gasteiger partial charge in [-0.2, -0.15) is 0 Å². The molecule has 0 amide bonds. The minimum atomic E-state index is -3.73. The second-order valence-electron chi connectivity index (χ2n) is 18.5. The summed E-state index contributed by atoms with van der Waals surface area (Å²) in [4.78, 5) is 3.32. The molecule has 2 heterocycles. The zero-order valence-electron chi connectivity index (χ0n) is 34.8. The van der Waals surface area contributed by atoms with Crippen molar-refractivity contribution < 1.29 is 12.8 Å². The van der Waals surface area contributed by atoms with Crippen molar-refractivity contribution in [3.8, 4) is 33.4 Å². The Morgan fingerprint density at radius 3 is 1.75 bits per heavy atom. The van der Waals surface area contributed by atoms with Gasteiger partial charge in [0, 0.05) is 33.2 Å². The molecule has 1 aromatic heterocycles. The largest absolute Gasteiger partial charge is 0.456 e. The summed E-state index contributed by atoms with van der Waals surface area (Å²) in [5.41, 5.74) is 13.3. The molecule has 4 bridgehead atoms. The standard InChI is InChI=1S/C58H45NO3S/c60-63(61)55-20-9-7-17-51(55)58(42-32-37-31-38(34-42)35-43(58)33-37)52-36-46(29-30-56(52)63)59(44-25-21-40(22-26-44)39-11-2-1-3-12-39)45-27-23-41(24-28-45)47-13-4-5-14-48(47)49-16-10-19-54-57(49)50-15-6-8-18-53(50)62-54/h1-30,36-38,42-43H,31-35H2/t37-,38+,42+,43-,58?. The van der Waals surface area contributed by atoms with Crippen molar-refractivity contribution in [2.45, 2.75) is 47.3 Å². The highest BCUT2D eigenvalue weighted by Gasteiger charge is 2.62. The third-order valence-corrected chi connectivity index (χ3v) is 17.2. The van der Waals surface area contributed by atoms with Crippen molar-refractivity contribution in [1.82, 2.24) is 0 Å². The first-order valence-corrected chi connectivity index (χ1v) is 24.0. The highest BCUT2D eigenvalue weighted by molar-refractivity contribution is 7.91. The van der Waals surface area contributed by atoms with Crippen LogP contribution in [-0.2, 0) is 15.3 Å². The van der Waals surface area contributed by atoms with Crippen LogP contribution in [0.3, 0.4) is 0 Å². The average molecular weight is 836 g/mol. The molecule has 4 nitrogen and oxygen atoms in total. The quantitative estimate of drug-likeness (QED) is 0.167. The summed E-state index contributed by atoms with van der Waals surface area (Å²) >= 11 is 0. The fraction of sp³-hybridized carbons (Fsp3) is 0.172. The van der Waals surface area contributed by atoms with Crippen molar-refractivity contribution >= 4 is 48.8 Å². The number of anilines is 3. The van der Waals surface area contributed by atoms with Gasteiger partial charge in [0.2, 0.25) is 9.84 Å². The van der Waals surface area contributed by atoms with E-state index in [2.05, 4.69) is 150 Å². The van der Waals surface area contributed by atoms with E-state index >= 15 is 0 Å². The number of fused-ring (bicyclic) bond motifs is 5. The molecule has 1 spiro atoms. The first kappa shape index (κ1) is 36.9. The Morgan fingerprint density at radius 2 is 1.00 bits per heavy atom. The van der Waals surface area contributed by atoms with Gasteiger partial charge in [-0.1, -0.05) is 127 Å². The summed E-state index contributed by atoms with van der Waals surface area (Å²) in [6.45, 7) is 0.